The number of amides is 1. The summed E-state index contributed by atoms with van der Waals surface area (Å²) in [7, 11) is 2.97. The number of thiazole rings is 1. The van der Waals surface area contributed by atoms with Crippen LogP contribution in [0, 0.1) is 10.1 Å². The second-order valence-electron chi connectivity index (χ2n) is 5.44. The summed E-state index contributed by atoms with van der Waals surface area (Å²) in [6.07, 6.45) is 0. The van der Waals surface area contributed by atoms with Crippen molar-refractivity contribution in [1.29, 1.82) is 0 Å². The average molecular weight is 418 g/mol. The standard InChI is InChI=1S/C17H14N4O5S2/c1-25-11-5-9(6-12(8-11)26-2)15(22)19-16(27)20-17-18-13-4-3-10(21(23)24)7-14(13)28-17/h3-8H,1-2H3,(H2,18,19,20,22,27). The molecule has 0 radical (unpaired) electrons. The summed E-state index contributed by atoms with van der Waals surface area (Å²) in [5.41, 5.74) is 0.871. The van der Waals surface area contributed by atoms with Crippen LogP contribution in [0.15, 0.2) is 36.4 Å². The summed E-state index contributed by atoms with van der Waals surface area (Å²) < 4.78 is 10.9. The van der Waals surface area contributed by atoms with Crippen molar-refractivity contribution in [2.45, 2.75) is 0 Å². The molecule has 3 rings (SSSR count). The van der Waals surface area contributed by atoms with Gasteiger partial charge in [0, 0.05) is 23.8 Å². The van der Waals surface area contributed by atoms with Gasteiger partial charge in [-0.1, -0.05) is 11.3 Å². The first-order valence-corrected chi connectivity index (χ1v) is 9.02. The molecule has 1 aromatic heterocycles. The van der Waals surface area contributed by atoms with Gasteiger partial charge in [0.1, 0.15) is 11.5 Å². The van der Waals surface area contributed by atoms with Crippen molar-refractivity contribution in [2.75, 3.05) is 19.5 Å². The minimum absolute atomic E-state index is 0.0226. The quantitative estimate of drug-likeness (QED) is 0.368. The number of nitrogens with zero attached hydrogens (tertiary/aromatic N) is 2. The third-order valence-electron chi connectivity index (χ3n) is 3.64. The lowest BCUT2D eigenvalue weighted by Gasteiger charge is -2.10. The molecule has 3 aromatic rings. The number of methoxy groups -OCH3 is 2. The molecule has 0 atom stereocenters. The Labute approximate surface area is 168 Å². The fraction of sp³-hybridized carbons (Fsp3) is 0.118. The highest BCUT2D eigenvalue weighted by Gasteiger charge is 2.14. The summed E-state index contributed by atoms with van der Waals surface area (Å²) in [4.78, 5) is 27.1. The number of anilines is 1. The molecular formula is C17H14N4O5S2. The van der Waals surface area contributed by atoms with Gasteiger partial charge in [-0.3, -0.25) is 20.2 Å². The van der Waals surface area contributed by atoms with E-state index >= 15 is 0 Å². The van der Waals surface area contributed by atoms with Gasteiger partial charge in [-0.25, -0.2) is 4.98 Å². The Morgan fingerprint density at radius 3 is 2.46 bits per heavy atom. The van der Waals surface area contributed by atoms with Gasteiger partial charge in [0.05, 0.1) is 29.4 Å². The SMILES string of the molecule is COc1cc(OC)cc(C(=O)NC(=S)Nc2nc3ccc([N+](=O)[O-])cc3s2)c1. The molecular weight excluding hydrogens is 404 g/mol. The lowest BCUT2D eigenvalue weighted by Crippen LogP contribution is -2.34. The smallest absolute Gasteiger partial charge is 0.270 e. The molecule has 1 amide bonds. The largest absolute Gasteiger partial charge is 0.497 e. The molecule has 0 bridgehead atoms. The summed E-state index contributed by atoms with van der Waals surface area (Å²) in [6.45, 7) is 0. The molecule has 0 fully saturated rings. The number of rotatable bonds is 5. The highest BCUT2D eigenvalue weighted by Crippen LogP contribution is 2.29. The lowest BCUT2D eigenvalue weighted by molar-refractivity contribution is -0.384. The van der Waals surface area contributed by atoms with Crippen molar-refractivity contribution in [3.63, 3.8) is 0 Å². The van der Waals surface area contributed by atoms with Gasteiger partial charge in [0.2, 0.25) is 0 Å². The fourth-order valence-corrected chi connectivity index (χ4v) is 3.48. The number of nitro benzene ring substituents is 1. The van der Waals surface area contributed by atoms with Crippen LogP contribution in [0.5, 0.6) is 11.5 Å². The van der Waals surface area contributed by atoms with Crippen LogP contribution >= 0.6 is 23.6 Å². The predicted molar refractivity (Wildman–Crippen MR) is 110 cm³/mol. The fourth-order valence-electron chi connectivity index (χ4n) is 2.32. The van der Waals surface area contributed by atoms with Gasteiger partial charge < -0.3 is 14.8 Å². The van der Waals surface area contributed by atoms with E-state index in [1.165, 1.54) is 37.7 Å². The molecule has 0 spiro atoms. The van der Waals surface area contributed by atoms with Crippen LogP contribution < -0.4 is 20.1 Å². The second kappa shape index (κ2) is 8.15. The molecule has 9 nitrogen and oxygen atoms in total. The normalized spacial score (nSPS) is 10.4. The Morgan fingerprint density at radius 2 is 1.86 bits per heavy atom. The highest BCUT2D eigenvalue weighted by atomic mass is 32.1. The molecule has 0 aliphatic rings. The first kappa shape index (κ1) is 19.5. The summed E-state index contributed by atoms with van der Waals surface area (Å²) >= 11 is 6.35. The zero-order valence-corrected chi connectivity index (χ0v) is 16.3. The Hall–Kier alpha value is -3.31. The van der Waals surface area contributed by atoms with Crippen LogP contribution in [0.3, 0.4) is 0 Å². The van der Waals surface area contributed by atoms with Crippen molar-refractivity contribution in [1.82, 2.24) is 10.3 Å². The van der Waals surface area contributed by atoms with Gasteiger partial charge in [-0.2, -0.15) is 0 Å². The van der Waals surface area contributed by atoms with E-state index in [1.807, 2.05) is 0 Å². The minimum atomic E-state index is -0.473. The molecule has 0 aliphatic heterocycles. The first-order chi connectivity index (χ1) is 13.4. The van der Waals surface area contributed by atoms with Gasteiger partial charge in [-0.15, -0.1) is 0 Å². The highest BCUT2D eigenvalue weighted by molar-refractivity contribution is 7.80. The number of hydrogen-bond acceptors (Lipinski definition) is 8. The monoisotopic (exact) mass is 418 g/mol. The Kier molecular flexibility index (Phi) is 5.66. The van der Waals surface area contributed by atoms with E-state index in [2.05, 4.69) is 15.6 Å². The molecule has 1 heterocycles. The van der Waals surface area contributed by atoms with E-state index in [9.17, 15) is 14.9 Å². The van der Waals surface area contributed by atoms with Crippen molar-refractivity contribution < 1.29 is 19.2 Å². The zero-order chi connectivity index (χ0) is 20.3. The third-order valence-corrected chi connectivity index (χ3v) is 4.78. The predicted octanol–water partition coefficient (Wildman–Crippen LogP) is 3.35. The zero-order valence-electron chi connectivity index (χ0n) is 14.7. The average Bonchev–Trinajstić information content (AvgIpc) is 3.08. The van der Waals surface area contributed by atoms with E-state index in [4.69, 9.17) is 21.7 Å². The van der Waals surface area contributed by atoms with Gasteiger partial charge >= 0.3 is 0 Å². The van der Waals surface area contributed by atoms with Crippen LogP contribution in [0.2, 0.25) is 0 Å². The summed E-state index contributed by atoms with van der Waals surface area (Å²) in [6, 6.07) is 9.12. The van der Waals surface area contributed by atoms with Gasteiger partial charge in [-0.05, 0) is 30.4 Å². The second-order valence-corrected chi connectivity index (χ2v) is 6.88. The van der Waals surface area contributed by atoms with Gasteiger partial charge in [0.15, 0.2) is 10.2 Å². The van der Waals surface area contributed by atoms with Crippen LogP contribution in [-0.4, -0.2) is 35.1 Å². The maximum atomic E-state index is 12.4. The van der Waals surface area contributed by atoms with Crippen LogP contribution in [0.25, 0.3) is 10.2 Å². The Balaban J connectivity index is 1.72. The number of carbonyl (C=O) groups excluding carboxylic acids is 1. The van der Waals surface area contributed by atoms with E-state index in [0.29, 0.717) is 32.4 Å². The molecule has 144 valence electrons. The molecule has 0 aliphatic carbocycles. The van der Waals surface area contributed by atoms with E-state index in [0.717, 1.165) is 0 Å². The number of aromatic nitrogens is 1. The Bertz CT molecular complexity index is 1060. The molecule has 28 heavy (non-hydrogen) atoms. The topological polar surface area (TPSA) is 116 Å². The van der Waals surface area contributed by atoms with Gasteiger partial charge in [0.25, 0.3) is 11.6 Å². The number of carbonyl (C=O) groups is 1. The van der Waals surface area contributed by atoms with Crippen molar-refractivity contribution in [2.24, 2.45) is 0 Å². The number of thiocarbonyl (C=S) groups is 1. The van der Waals surface area contributed by atoms with Crippen LogP contribution in [-0.2, 0) is 0 Å². The number of nitro groups is 1. The van der Waals surface area contributed by atoms with Crippen molar-refractivity contribution in [3.05, 3.63) is 52.1 Å². The maximum Gasteiger partial charge on any atom is 0.270 e. The summed E-state index contributed by atoms with van der Waals surface area (Å²) in [5, 5.41) is 16.7. The number of fused-ring (bicyclic) bond motifs is 1. The number of non-ortho nitro benzene ring substituents is 1. The number of benzene rings is 2. The molecule has 0 saturated carbocycles. The molecule has 0 saturated heterocycles. The molecule has 11 heteroatoms. The van der Waals surface area contributed by atoms with E-state index in [1.54, 1.807) is 24.3 Å². The van der Waals surface area contributed by atoms with E-state index < -0.39 is 10.8 Å². The maximum absolute atomic E-state index is 12.4. The number of nitrogens with one attached hydrogen (secondary N) is 2. The molecule has 2 aromatic carbocycles. The lowest BCUT2D eigenvalue weighted by atomic mass is 10.2. The minimum Gasteiger partial charge on any atom is -0.497 e. The molecule has 2 N–H and O–H groups in total. The first-order valence-electron chi connectivity index (χ1n) is 7.80. The Morgan fingerprint density at radius 1 is 1.18 bits per heavy atom. The van der Waals surface area contributed by atoms with Crippen LogP contribution in [0.1, 0.15) is 10.4 Å². The molecule has 0 unspecified atom stereocenters. The third kappa shape index (κ3) is 4.32. The van der Waals surface area contributed by atoms with E-state index in [-0.39, 0.29) is 10.8 Å². The number of hydrogen-bond donors (Lipinski definition) is 2. The number of ether oxygens (including phenoxy) is 2. The van der Waals surface area contributed by atoms with Crippen LogP contribution in [0.4, 0.5) is 10.8 Å². The summed E-state index contributed by atoms with van der Waals surface area (Å²) in [5.74, 6) is 0.485. The van der Waals surface area contributed by atoms with Crippen molar-refractivity contribution >= 4 is 55.6 Å². The van der Waals surface area contributed by atoms with Crippen molar-refractivity contribution in [3.8, 4) is 11.5 Å².